The van der Waals surface area contributed by atoms with E-state index in [0.29, 0.717) is 0 Å². The van der Waals surface area contributed by atoms with Crippen LogP contribution in [0, 0.1) is 10.2 Å². The molecule has 8 aromatic carbocycles. The number of hydrogen-bond acceptors (Lipinski definition) is 4. The second kappa shape index (κ2) is 26.7. The summed E-state index contributed by atoms with van der Waals surface area (Å²) in [6.07, 6.45) is 5.04. The Morgan fingerprint density at radius 1 is 0.258 bits per heavy atom. The van der Waals surface area contributed by atoms with E-state index in [4.69, 9.17) is 18.6 Å². The van der Waals surface area contributed by atoms with Crippen molar-refractivity contribution >= 4 is 74.1 Å². The van der Waals surface area contributed by atoms with Crippen LogP contribution in [0.15, 0.2) is 243 Å². The second-order valence-electron chi connectivity index (χ2n) is 14.3. The largest absolute Gasteiger partial charge is 0.101 e. The summed E-state index contributed by atoms with van der Waals surface area (Å²) in [5.74, 6) is 0. The maximum Gasteiger partial charge on any atom is 0.101 e. The molecule has 0 aliphatic carbocycles. The molecule has 4 nitrogen and oxygen atoms in total. The Hall–Kier alpha value is -3.88. The molecule has 8 rings (SSSR count). The van der Waals surface area contributed by atoms with Gasteiger partial charge in [0.25, 0.3) is 0 Å². The third kappa shape index (κ3) is 16.3. The van der Waals surface area contributed by atoms with E-state index in [1.54, 1.807) is 0 Å². The predicted molar refractivity (Wildman–Crippen MR) is 268 cm³/mol. The molecule has 0 saturated heterocycles. The van der Waals surface area contributed by atoms with Crippen LogP contribution in [0.5, 0.6) is 0 Å². The Kier molecular flexibility index (Phi) is 21.1. The van der Waals surface area contributed by atoms with Gasteiger partial charge in [-0.25, -0.2) is 0 Å². The first-order valence-corrected chi connectivity index (χ1v) is 28.5. The van der Waals surface area contributed by atoms with Crippen molar-refractivity contribution in [3.63, 3.8) is 0 Å². The molecule has 0 bridgehead atoms. The van der Waals surface area contributed by atoms with Crippen LogP contribution >= 0.6 is 31.7 Å². The van der Waals surface area contributed by atoms with Crippen LogP contribution in [-0.2, 0) is 16.8 Å². The van der Waals surface area contributed by atoms with Crippen LogP contribution in [0.3, 0.4) is 0 Å². The Morgan fingerprint density at radius 3 is 0.452 bits per heavy atom. The van der Waals surface area contributed by atoms with Gasteiger partial charge in [-0.3, -0.25) is 0 Å². The van der Waals surface area contributed by atoms with Crippen LogP contribution in [-0.4, -0.2) is 38.6 Å². The van der Waals surface area contributed by atoms with Gasteiger partial charge in [-0.05, 0) is 97.1 Å². The van der Waals surface area contributed by atoms with E-state index in [2.05, 4.69) is 243 Å². The van der Waals surface area contributed by atoms with Gasteiger partial charge in [0.1, 0.15) is 24.6 Å². The van der Waals surface area contributed by atoms with Crippen molar-refractivity contribution in [3.05, 3.63) is 243 Å². The van der Waals surface area contributed by atoms with E-state index < -0.39 is 41.9 Å². The molecule has 0 amide bonds. The van der Waals surface area contributed by atoms with Crippen molar-refractivity contribution < 1.29 is 45.7 Å². The SMILES string of the molecule is [Co].[O-][Cl+](O)(O)O.c1ccc([PH+](CC[PH+](c2ccccc2)c2ccccc2)c2ccccc2)cc1.c1ccc([PH+](CC[PH+](c2ccccc2)c2ccccc2)c2ccccc2)cc1. The molecule has 62 heavy (non-hydrogen) atoms. The first-order chi connectivity index (χ1) is 29.8. The van der Waals surface area contributed by atoms with Crippen molar-refractivity contribution in [3.8, 4) is 0 Å². The van der Waals surface area contributed by atoms with Gasteiger partial charge in [0.05, 0.1) is 74.1 Å². The Labute approximate surface area is 384 Å². The molecule has 3 N–H and O–H groups in total. The quantitative estimate of drug-likeness (QED) is 0.108. The van der Waals surface area contributed by atoms with Gasteiger partial charge in [-0.2, -0.15) is 0 Å². The van der Waals surface area contributed by atoms with E-state index in [1.165, 1.54) is 67.1 Å². The Balaban J connectivity index is 0.000000208. The molecule has 319 valence electrons. The molecule has 0 saturated carbocycles. The molecule has 8 aromatic rings. The smallest absolute Gasteiger partial charge is 0.0620 e. The average Bonchev–Trinajstić information content (AvgIpc) is 3.31. The molecule has 1 radical (unpaired) electrons. The first kappa shape index (κ1) is 49.1. The van der Waals surface area contributed by atoms with Crippen LogP contribution in [0.25, 0.3) is 0 Å². The number of benzene rings is 8. The summed E-state index contributed by atoms with van der Waals surface area (Å²) in [6.45, 7) is 0. The maximum absolute atomic E-state index is 8.83. The summed E-state index contributed by atoms with van der Waals surface area (Å²) < 4.78 is 30.2. The molecule has 0 aromatic heterocycles. The predicted octanol–water partition coefficient (Wildman–Crippen LogP) is 6.57. The van der Waals surface area contributed by atoms with E-state index >= 15 is 0 Å². The zero-order valence-electron chi connectivity index (χ0n) is 34.4. The molecule has 0 aliphatic rings. The zero-order valence-corrected chi connectivity index (χ0v) is 40.2. The number of hydrogen-bond donors (Lipinski definition) is 3. The molecular weight excluding hydrogens is 907 g/mol. The fourth-order valence-electron chi connectivity index (χ4n) is 7.44. The summed E-state index contributed by atoms with van der Waals surface area (Å²) in [5, 5.41) is 12.1. The van der Waals surface area contributed by atoms with Crippen LogP contribution in [0.2, 0.25) is 0 Å². The average molecular weight is 962 g/mol. The van der Waals surface area contributed by atoms with Crippen LogP contribution in [0.4, 0.5) is 0 Å². The van der Waals surface area contributed by atoms with E-state index in [0.717, 1.165) is 0 Å². The molecular formula is C52H55ClCoO4P4+4. The third-order valence-electron chi connectivity index (χ3n) is 10.2. The van der Waals surface area contributed by atoms with E-state index in [9.17, 15) is 0 Å². The fraction of sp³-hybridized carbons (Fsp3) is 0.0769. The van der Waals surface area contributed by atoms with Gasteiger partial charge < -0.3 is 0 Å². The van der Waals surface area contributed by atoms with Gasteiger partial charge in [-0.15, -0.1) is 0 Å². The summed E-state index contributed by atoms with van der Waals surface area (Å²) >= 11 is 0. The van der Waals surface area contributed by atoms with Crippen LogP contribution in [0.1, 0.15) is 0 Å². The molecule has 0 aliphatic heterocycles. The number of halogens is 1. The topological polar surface area (TPSA) is 83.8 Å². The fourth-order valence-corrected chi connectivity index (χ4v) is 19.8. The van der Waals surface area contributed by atoms with Crippen LogP contribution < -0.4 is 47.1 Å². The molecule has 0 atom stereocenters. The normalized spacial score (nSPS) is 11.2. The zero-order chi connectivity index (χ0) is 42.5. The summed E-state index contributed by atoms with van der Waals surface area (Å²) in [5.41, 5.74) is 0. The first-order valence-electron chi connectivity index (χ1n) is 20.4. The minimum absolute atomic E-state index is 0. The van der Waals surface area contributed by atoms with Gasteiger partial charge in [-0.1, -0.05) is 146 Å². The molecule has 0 heterocycles. The maximum atomic E-state index is 8.83. The van der Waals surface area contributed by atoms with E-state index in [1.807, 2.05) is 0 Å². The van der Waals surface area contributed by atoms with Gasteiger partial charge in [0, 0.05) is 16.8 Å². The van der Waals surface area contributed by atoms with Crippen molar-refractivity contribution in [2.24, 2.45) is 0 Å². The second-order valence-corrected chi connectivity index (χ2v) is 25.6. The Morgan fingerprint density at radius 2 is 0.355 bits per heavy atom. The van der Waals surface area contributed by atoms with Crippen molar-refractivity contribution in [2.75, 3.05) is 24.6 Å². The van der Waals surface area contributed by atoms with Crippen molar-refractivity contribution in [2.45, 2.75) is 0 Å². The van der Waals surface area contributed by atoms with E-state index in [-0.39, 0.29) is 16.8 Å². The summed E-state index contributed by atoms with van der Waals surface area (Å²) in [7, 11) is -7.33. The van der Waals surface area contributed by atoms with Crippen molar-refractivity contribution in [1.82, 2.24) is 0 Å². The Bertz CT molecular complexity index is 1880. The summed E-state index contributed by atoms with van der Waals surface area (Å²) in [6, 6.07) is 89.0. The minimum Gasteiger partial charge on any atom is -0.0620 e. The molecule has 0 spiro atoms. The third-order valence-corrected chi connectivity index (χ3v) is 22.5. The number of rotatable bonds is 14. The molecule has 0 unspecified atom stereocenters. The van der Waals surface area contributed by atoms with Crippen molar-refractivity contribution in [1.29, 1.82) is 0 Å². The molecule has 10 heteroatoms. The van der Waals surface area contributed by atoms with Gasteiger partial charge in [0.2, 0.25) is 0 Å². The minimum atomic E-state index is -4.19. The van der Waals surface area contributed by atoms with Gasteiger partial charge in [0.15, 0.2) is 0 Å². The standard InChI is InChI=1S/2C26H24P2.ClH3O4.Co/c2*1-5-13-23(14-6-1)27(24-15-7-2-8-16-24)21-22-28(25-17-9-3-10-18-25)26-19-11-4-12-20-26;2-1(3,4)5;/h2*1-20H,21-22H2;2-4H;/p+4. The summed E-state index contributed by atoms with van der Waals surface area (Å²) in [4.78, 5) is 0. The monoisotopic (exact) mass is 961 g/mol. The van der Waals surface area contributed by atoms with Gasteiger partial charge >= 0.3 is 28.9 Å². The molecule has 0 fully saturated rings.